The molecule has 11 nitrogen and oxygen atoms in total. The number of hydrogen-bond donors (Lipinski definition) is 2. The van der Waals surface area contributed by atoms with Crippen molar-refractivity contribution in [2.24, 2.45) is 7.05 Å². The Morgan fingerprint density at radius 1 is 1.02 bits per heavy atom. The number of halogens is 6. The van der Waals surface area contributed by atoms with Crippen LogP contribution in [0.1, 0.15) is 40.8 Å². The van der Waals surface area contributed by atoms with Gasteiger partial charge < -0.3 is 29.4 Å². The second-order valence-corrected chi connectivity index (χ2v) is 12.3. The Kier molecular flexibility index (Phi) is 11.1. The maximum Gasteiger partial charge on any atom is 0.430 e. The highest BCUT2D eigenvalue weighted by Crippen LogP contribution is 2.34. The molecule has 0 bridgehead atoms. The van der Waals surface area contributed by atoms with E-state index in [1.54, 1.807) is 33.3 Å². The van der Waals surface area contributed by atoms with Crippen molar-refractivity contribution in [2.75, 3.05) is 26.2 Å². The van der Waals surface area contributed by atoms with Gasteiger partial charge in [-0.25, -0.2) is 14.5 Å². The number of aliphatic carboxylic acids is 1. The molecule has 266 valence electrons. The SMILES string of the molecule is Cn1ccnc1C(NC(=O)c1cc(-c2cnn3cc(-c4ccc(OCC[NH+]5CCCCC5)cc4)cnc23)cs1)C(F)(F)F.O=C([O-])C(F)(F)F. The molecule has 2 N–H and O–H groups in total. The number of imidazole rings is 1. The quantitative estimate of drug-likeness (QED) is 0.222. The lowest BCUT2D eigenvalue weighted by molar-refractivity contribution is -0.904. The van der Waals surface area contributed by atoms with Gasteiger partial charge in [0.05, 0.1) is 24.2 Å². The summed E-state index contributed by atoms with van der Waals surface area (Å²) < 4.78 is 81.6. The topological polar surface area (TPSA) is 131 Å². The van der Waals surface area contributed by atoms with Crippen LogP contribution in [0.4, 0.5) is 26.3 Å². The Labute approximate surface area is 285 Å². The lowest BCUT2D eigenvalue weighted by Crippen LogP contribution is -3.13. The van der Waals surface area contributed by atoms with Crippen molar-refractivity contribution in [1.82, 2.24) is 29.5 Å². The second-order valence-electron chi connectivity index (χ2n) is 11.4. The van der Waals surface area contributed by atoms with E-state index in [0.29, 0.717) is 23.4 Å². The van der Waals surface area contributed by atoms with Crippen LogP contribution < -0.4 is 20.1 Å². The number of ether oxygens (including phenoxy) is 1. The van der Waals surface area contributed by atoms with Crippen LogP contribution in [0.15, 0.2) is 66.7 Å². The molecule has 50 heavy (non-hydrogen) atoms. The highest BCUT2D eigenvalue weighted by Gasteiger charge is 2.44. The van der Waals surface area contributed by atoms with Crippen LogP contribution in [0.2, 0.25) is 0 Å². The number of piperidine rings is 1. The van der Waals surface area contributed by atoms with Gasteiger partial charge in [0.1, 0.15) is 30.7 Å². The molecule has 1 unspecified atom stereocenters. The summed E-state index contributed by atoms with van der Waals surface area (Å²) in [4.78, 5) is 31.7. The van der Waals surface area contributed by atoms with Crippen LogP contribution in [0.5, 0.6) is 5.75 Å². The maximum atomic E-state index is 13.7. The van der Waals surface area contributed by atoms with E-state index < -0.39 is 30.3 Å². The third-order valence-corrected chi connectivity index (χ3v) is 8.84. The van der Waals surface area contributed by atoms with E-state index in [-0.39, 0.29) is 10.7 Å². The summed E-state index contributed by atoms with van der Waals surface area (Å²) in [5.74, 6) is -3.31. The Hall–Kier alpha value is -4.97. The van der Waals surface area contributed by atoms with Gasteiger partial charge in [-0.3, -0.25) is 4.79 Å². The van der Waals surface area contributed by atoms with Gasteiger partial charge in [0.15, 0.2) is 11.7 Å². The molecule has 5 aromatic rings. The number of benzene rings is 1. The molecule has 1 atom stereocenters. The third kappa shape index (κ3) is 8.97. The van der Waals surface area contributed by atoms with Gasteiger partial charge in [-0.05, 0) is 54.0 Å². The van der Waals surface area contributed by atoms with Crippen molar-refractivity contribution < 1.29 is 50.7 Å². The number of carboxylic acid groups (broad SMARTS) is 1. The maximum absolute atomic E-state index is 13.7. The van der Waals surface area contributed by atoms with Crippen molar-refractivity contribution >= 4 is 28.9 Å². The number of nitrogens with zero attached hydrogens (tertiary/aromatic N) is 5. The predicted molar refractivity (Wildman–Crippen MR) is 167 cm³/mol. The number of carbonyl (C=O) groups excluding carboxylic acids is 2. The number of carbonyl (C=O) groups is 2. The molecular formula is C32H31F6N7O4S. The van der Waals surface area contributed by atoms with Gasteiger partial charge in [0, 0.05) is 43.0 Å². The lowest BCUT2D eigenvalue weighted by Gasteiger charge is -2.23. The number of carboxylic acids is 1. The van der Waals surface area contributed by atoms with Gasteiger partial charge in [-0.15, -0.1) is 11.3 Å². The van der Waals surface area contributed by atoms with Crippen LogP contribution >= 0.6 is 11.3 Å². The summed E-state index contributed by atoms with van der Waals surface area (Å²) >= 11 is 1.05. The number of hydrogen-bond acceptors (Lipinski definition) is 8. The monoisotopic (exact) mass is 723 g/mol. The summed E-state index contributed by atoms with van der Waals surface area (Å²) in [7, 11) is 1.45. The fraction of sp³-hybridized carbons (Fsp3) is 0.344. The molecule has 0 spiro atoms. The first kappa shape index (κ1) is 36.3. The fourth-order valence-corrected chi connectivity index (χ4v) is 6.14. The number of alkyl halides is 6. The molecular weight excluding hydrogens is 692 g/mol. The van der Waals surface area contributed by atoms with Gasteiger partial charge in [-0.1, -0.05) is 12.1 Å². The number of thiophene rings is 1. The minimum absolute atomic E-state index is 0.133. The molecule has 1 aromatic carbocycles. The first-order valence-electron chi connectivity index (χ1n) is 15.3. The highest BCUT2D eigenvalue weighted by molar-refractivity contribution is 7.12. The summed E-state index contributed by atoms with van der Waals surface area (Å²) in [6.07, 6.45) is 1.92. The van der Waals surface area contributed by atoms with E-state index >= 15 is 0 Å². The minimum atomic E-state index is -5.19. The molecule has 1 saturated heterocycles. The van der Waals surface area contributed by atoms with Crippen LogP contribution in [0, 0.1) is 0 Å². The number of likely N-dealkylation sites (tertiary alicyclic amines) is 1. The van der Waals surface area contributed by atoms with Crippen molar-refractivity contribution in [3.05, 3.63) is 77.4 Å². The smallest absolute Gasteiger partial charge is 0.430 e. The number of fused-ring (bicyclic) bond motifs is 1. The first-order valence-corrected chi connectivity index (χ1v) is 16.2. The van der Waals surface area contributed by atoms with Crippen LogP contribution in [-0.2, 0) is 11.8 Å². The normalized spacial score (nSPS) is 14.5. The molecule has 1 aliphatic heterocycles. The van der Waals surface area contributed by atoms with Crippen LogP contribution in [-0.4, -0.2) is 74.6 Å². The van der Waals surface area contributed by atoms with E-state index in [1.807, 2.05) is 30.5 Å². The third-order valence-electron chi connectivity index (χ3n) is 7.91. The Balaban J connectivity index is 0.000000630. The van der Waals surface area contributed by atoms with Crippen molar-refractivity contribution in [3.8, 4) is 28.0 Å². The number of quaternary nitrogens is 1. The average Bonchev–Trinajstić information content (AvgIpc) is 3.83. The summed E-state index contributed by atoms with van der Waals surface area (Å²) in [5, 5.41) is 17.0. The van der Waals surface area contributed by atoms with Crippen molar-refractivity contribution in [2.45, 2.75) is 37.7 Å². The van der Waals surface area contributed by atoms with Crippen LogP contribution in [0.3, 0.4) is 0 Å². The summed E-state index contributed by atoms with van der Waals surface area (Å²) in [6.45, 7) is 4.16. The van der Waals surface area contributed by atoms with E-state index in [2.05, 4.69) is 20.4 Å². The summed E-state index contributed by atoms with van der Waals surface area (Å²) in [6, 6.07) is 7.19. The van der Waals surface area contributed by atoms with E-state index in [0.717, 1.165) is 34.8 Å². The van der Waals surface area contributed by atoms with Gasteiger partial charge >= 0.3 is 12.4 Å². The standard InChI is InChI=1S/C30H30F3N7O2S.C2HF3O2/c1-38-12-9-34-28(38)26(30(31,32)33)37-29(41)25-15-21(19-43-25)24-17-36-40-18-22(16-35-27(24)40)20-5-7-23(8-6-20)42-14-13-39-10-3-2-4-11-39;3-2(4,5)1(6)7/h5-9,12,15-19,26H,2-4,10-11,13-14H2,1H3,(H,37,41);(H,6,7). The lowest BCUT2D eigenvalue weighted by atomic mass is 10.1. The summed E-state index contributed by atoms with van der Waals surface area (Å²) in [5.41, 5.74) is 3.69. The Bertz CT molecular complexity index is 1910. The van der Waals surface area contributed by atoms with Gasteiger partial charge in [-0.2, -0.15) is 31.4 Å². The predicted octanol–water partition coefficient (Wildman–Crippen LogP) is 3.64. The molecule has 1 amide bonds. The average molecular weight is 724 g/mol. The Morgan fingerprint density at radius 2 is 1.72 bits per heavy atom. The van der Waals surface area contributed by atoms with Crippen molar-refractivity contribution in [1.29, 1.82) is 0 Å². The van der Waals surface area contributed by atoms with Gasteiger partial charge in [0.25, 0.3) is 5.91 Å². The number of nitrogens with one attached hydrogen (secondary N) is 2. The van der Waals surface area contributed by atoms with E-state index in [9.17, 15) is 31.1 Å². The molecule has 0 saturated carbocycles. The molecule has 5 heterocycles. The number of rotatable bonds is 9. The first-order chi connectivity index (χ1) is 23.7. The number of aryl methyl sites for hydroxylation is 1. The fourth-order valence-electron chi connectivity index (χ4n) is 5.33. The Morgan fingerprint density at radius 3 is 2.34 bits per heavy atom. The highest BCUT2D eigenvalue weighted by atomic mass is 32.1. The molecule has 0 aliphatic carbocycles. The molecule has 18 heteroatoms. The molecule has 1 aliphatic rings. The zero-order valence-corrected chi connectivity index (χ0v) is 27.2. The largest absolute Gasteiger partial charge is 0.542 e. The second kappa shape index (κ2) is 15.3. The number of amides is 1. The number of aromatic nitrogens is 5. The molecule has 1 fully saturated rings. The molecule has 6 rings (SSSR count). The van der Waals surface area contributed by atoms with E-state index in [1.165, 1.54) is 56.4 Å². The van der Waals surface area contributed by atoms with E-state index in [4.69, 9.17) is 14.6 Å². The van der Waals surface area contributed by atoms with Crippen LogP contribution in [0.25, 0.3) is 27.9 Å². The van der Waals surface area contributed by atoms with Gasteiger partial charge in [0.2, 0.25) is 0 Å². The van der Waals surface area contributed by atoms with Crippen molar-refractivity contribution in [3.63, 3.8) is 0 Å². The zero-order valence-electron chi connectivity index (χ0n) is 26.4. The molecule has 4 aromatic heterocycles. The molecule has 0 radical (unpaired) electrons. The minimum Gasteiger partial charge on any atom is -0.542 e. The zero-order chi connectivity index (χ0) is 36.1.